The standard InChI is InChI=1S/C17H31N3O5S/c1-18(2)26(22,23)20-10-6-17(7-11-20)13-15(5-12-25-17)24-14-16(21)19-8-3-4-9-19/h15H,3-14H2,1-2H3. The Balaban J connectivity index is 1.50. The van der Waals surface area contributed by atoms with Gasteiger partial charge in [0.05, 0.1) is 11.7 Å². The van der Waals surface area contributed by atoms with Crippen LogP contribution in [0, 0.1) is 0 Å². The fourth-order valence-corrected chi connectivity index (χ4v) is 5.18. The van der Waals surface area contributed by atoms with Crippen LogP contribution in [-0.4, -0.2) is 93.0 Å². The number of hydrogen-bond acceptors (Lipinski definition) is 5. The third-order valence-electron chi connectivity index (χ3n) is 5.77. The molecule has 3 heterocycles. The second kappa shape index (κ2) is 8.10. The van der Waals surface area contributed by atoms with Gasteiger partial charge in [-0.05, 0) is 32.1 Å². The molecule has 9 heteroatoms. The molecule has 1 amide bonds. The summed E-state index contributed by atoms with van der Waals surface area (Å²) in [5, 5.41) is 0. The highest BCUT2D eigenvalue weighted by Gasteiger charge is 2.43. The molecule has 3 saturated heterocycles. The average Bonchev–Trinajstić information content (AvgIpc) is 3.15. The minimum Gasteiger partial charge on any atom is -0.375 e. The summed E-state index contributed by atoms with van der Waals surface area (Å²) < 4.78 is 39.3. The Morgan fingerprint density at radius 1 is 1.19 bits per heavy atom. The van der Waals surface area contributed by atoms with E-state index in [9.17, 15) is 13.2 Å². The Labute approximate surface area is 156 Å². The Morgan fingerprint density at radius 3 is 2.46 bits per heavy atom. The van der Waals surface area contributed by atoms with Gasteiger partial charge in [0, 0.05) is 53.3 Å². The van der Waals surface area contributed by atoms with Crippen LogP contribution in [0.1, 0.15) is 38.5 Å². The predicted octanol–water partition coefficient (Wildman–Crippen LogP) is 0.445. The van der Waals surface area contributed by atoms with E-state index in [2.05, 4.69) is 0 Å². The molecule has 0 aromatic rings. The monoisotopic (exact) mass is 389 g/mol. The van der Waals surface area contributed by atoms with Crippen LogP contribution < -0.4 is 0 Å². The van der Waals surface area contributed by atoms with Crippen molar-refractivity contribution in [1.82, 2.24) is 13.5 Å². The van der Waals surface area contributed by atoms with E-state index in [0.717, 1.165) is 38.8 Å². The first-order valence-electron chi connectivity index (χ1n) is 9.53. The maximum atomic E-state index is 12.3. The lowest BCUT2D eigenvalue weighted by molar-refractivity contribution is -0.160. The van der Waals surface area contributed by atoms with Crippen molar-refractivity contribution >= 4 is 16.1 Å². The molecule has 0 bridgehead atoms. The number of nitrogens with zero attached hydrogens (tertiary/aromatic N) is 3. The number of amides is 1. The zero-order chi connectivity index (χ0) is 18.8. The van der Waals surface area contributed by atoms with Gasteiger partial charge in [0.1, 0.15) is 6.61 Å². The van der Waals surface area contributed by atoms with Crippen molar-refractivity contribution in [1.29, 1.82) is 0 Å². The molecule has 3 fully saturated rings. The van der Waals surface area contributed by atoms with Gasteiger partial charge in [0.15, 0.2) is 0 Å². The SMILES string of the molecule is CN(C)S(=O)(=O)N1CCC2(CC1)CC(OCC(=O)N1CCCC1)CCO2. The largest absolute Gasteiger partial charge is 0.375 e. The van der Waals surface area contributed by atoms with Crippen LogP contribution in [0.3, 0.4) is 0 Å². The van der Waals surface area contributed by atoms with E-state index in [1.165, 1.54) is 8.61 Å². The van der Waals surface area contributed by atoms with Crippen molar-refractivity contribution in [3.63, 3.8) is 0 Å². The van der Waals surface area contributed by atoms with Crippen molar-refractivity contribution < 1.29 is 22.7 Å². The molecule has 0 aromatic carbocycles. The van der Waals surface area contributed by atoms with Crippen LogP contribution in [0.4, 0.5) is 0 Å². The fourth-order valence-electron chi connectivity index (χ4n) is 4.08. The highest BCUT2D eigenvalue weighted by molar-refractivity contribution is 7.86. The van der Waals surface area contributed by atoms with Crippen LogP contribution in [-0.2, 0) is 24.5 Å². The van der Waals surface area contributed by atoms with E-state index in [1.807, 2.05) is 4.90 Å². The van der Waals surface area contributed by atoms with E-state index in [-0.39, 0.29) is 24.2 Å². The number of rotatable bonds is 5. The molecule has 150 valence electrons. The lowest BCUT2D eigenvalue weighted by atomic mass is 9.84. The van der Waals surface area contributed by atoms with E-state index in [1.54, 1.807) is 14.1 Å². The molecule has 8 nitrogen and oxygen atoms in total. The Kier molecular flexibility index (Phi) is 6.23. The summed E-state index contributed by atoms with van der Waals surface area (Å²) in [5.41, 5.74) is -0.321. The number of likely N-dealkylation sites (tertiary alicyclic amines) is 1. The fraction of sp³-hybridized carbons (Fsp3) is 0.941. The van der Waals surface area contributed by atoms with Crippen molar-refractivity contribution in [2.24, 2.45) is 0 Å². The second-order valence-corrected chi connectivity index (χ2v) is 9.88. The molecular weight excluding hydrogens is 358 g/mol. The van der Waals surface area contributed by atoms with Crippen LogP contribution in [0.15, 0.2) is 0 Å². The number of ether oxygens (including phenoxy) is 2. The topological polar surface area (TPSA) is 79.4 Å². The normalized spacial score (nSPS) is 27.3. The van der Waals surface area contributed by atoms with E-state index in [0.29, 0.717) is 32.5 Å². The molecule has 3 rings (SSSR count). The summed E-state index contributed by atoms with van der Waals surface area (Å²) in [7, 11) is -0.263. The first kappa shape index (κ1) is 20.0. The minimum absolute atomic E-state index is 0.00677. The summed E-state index contributed by atoms with van der Waals surface area (Å²) in [5.74, 6) is 0.0786. The highest BCUT2D eigenvalue weighted by Crippen LogP contribution is 2.36. The summed E-state index contributed by atoms with van der Waals surface area (Å²) in [6.45, 7) is 3.34. The maximum absolute atomic E-state index is 12.3. The zero-order valence-electron chi connectivity index (χ0n) is 15.9. The first-order chi connectivity index (χ1) is 12.3. The van der Waals surface area contributed by atoms with Crippen LogP contribution in [0.25, 0.3) is 0 Å². The Hall–Kier alpha value is -0.740. The summed E-state index contributed by atoms with van der Waals surface area (Å²) >= 11 is 0. The molecule has 0 radical (unpaired) electrons. The van der Waals surface area contributed by atoms with Gasteiger partial charge < -0.3 is 14.4 Å². The van der Waals surface area contributed by atoms with Gasteiger partial charge >= 0.3 is 0 Å². The van der Waals surface area contributed by atoms with Crippen molar-refractivity contribution in [3.8, 4) is 0 Å². The van der Waals surface area contributed by atoms with Gasteiger partial charge in [-0.25, -0.2) is 0 Å². The summed E-state index contributed by atoms with van der Waals surface area (Å²) in [6, 6.07) is 0. The first-order valence-corrected chi connectivity index (χ1v) is 10.9. The van der Waals surface area contributed by atoms with E-state index in [4.69, 9.17) is 9.47 Å². The quantitative estimate of drug-likeness (QED) is 0.682. The highest BCUT2D eigenvalue weighted by atomic mass is 32.2. The van der Waals surface area contributed by atoms with Crippen molar-refractivity contribution in [2.45, 2.75) is 50.2 Å². The lowest BCUT2D eigenvalue weighted by Crippen LogP contribution is -2.53. The molecule has 3 aliphatic rings. The van der Waals surface area contributed by atoms with Gasteiger partial charge in [-0.15, -0.1) is 0 Å². The summed E-state index contributed by atoms with van der Waals surface area (Å²) in [6.07, 6.45) is 5.02. The smallest absolute Gasteiger partial charge is 0.281 e. The average molecular weight is 390 g/mol. The predicted molar refractivity (Wildman–Crippen MR) is 96.9 cm³/mol. The number of hydrogen-bond donors (Lipinski definition) is 0. The molecule has 1 spiro atoms. The second-order valence-electron chi connectivity index (χ2n) is 7.73. The van der Waals surface area contributed by atoms with Crippen molar-refractivity contribution in [2.75, 3.05) is 53.5 Å². The molecule has 0 saturated carbocycles. The van der Waals surface area contributed by atoms with Crippen LogP contribution in [0.5, 0.6) is 0 Å². The van der Waals surface area contributed by atoms with E-state index >= 15 is 0 Å². The van der Waals surface area contributed by atoms with E-state index < -0.39 is 10.2 Å². The molecule has 1 atom stereocenters. The molecule has 26 heavy (non-hydrogen) atoms. The van der Waals surface area contributed by atoms with Gasteiger partial charge in [-0.1, -0.05) is 0 Å². The molecule has 3 aliphatic heterocycles. The third kappa shape index (κ3) is 4.39. The molecule has 1 unspecified atom stereocenters. The molecule has 0 N–H and O–H groups in total. The number of carbonyl (C=O) groups excluding carboxylic acids is 1. The molecular formula is C17H31N3O5S. The van der Waals surface area contributed by atoms with Gasteiger partial charge in [0.2, 0.25) is 5.91 Å². The number of piperidine rings is 1. The summed E-state index contributed by atoms with van der Waals surface area (Å²) in [4.78, 5) is 14.0. The van der Waals surface area contributed by atoms with Crippen molar-refractivity contribution in [3.05, 3.63) is 0 Å². The Morgan fingerprint density at radius 2 is 1.85 bits per heavy atom. The van der Waals surface area contributed by atoms with Gasteiger partial charge in [-0.2, -0.15) is 17.0 Å². The number of carbonyl (C=O) groups is 1. The molecule has 0 aliphatic carbocycles. The maximum Gasteiger partial charge on any atom is 0.281 e. The van der Waals surface area contributed by atoms with Gasteiger partial charge in [-0.3, -0.25) is 4.79 Å². The minimum atomic E-state index is -3.37. The third-order valence-corrected chi connectivity index (χ3v) is 7.71. The van der Waals surface area contributed by atoms with Gasteiger partial charge in [0.25, 0.3) is 10.2 Å². The van der Waals surface area contributed by atoms with Crippen LogP contribution in [0.2, 0.25) is 0 Å². The molecule has 0 aromatic heterocycles. The Bertz CT molecular complexity index is 596. The van der Waals surface area contributed by atoms with Crippen LogP contribution >= 0.6 is 0 Å². The zero-order valence-corrected chi connectivity index (χ0v) is 16.7. The lowest BCUT2D eigenvalue weighted by Gasteiger charge is -2.45.